The van der Waals surface area contributed by atoms with E-state index < -0.39 is 10.0 Å². The molecule has 7 heteroatoms. The van der Waals surface area contributed by atoms with Crippen LogP contribution in [0.1, 0.15) is 41.3 Å². The van der Waals surface area contributed by atoms with Crippen LogP contribution in [0, 0.1) is 13.8 Å². The number of rotatable bonds is 6. The summed E-state index contributed by atoms with van der Waals surface area (Å²) in [6.07, 6.45) is 1.18. The lowest BCUT2D eigenvalue weighted by Crippen LogP contribution is -2.46. The molecule has 1 fully saturated rings. The molecule has 0 bridgehead atoms. The highest BCUT2D eigenvalue weighted by Crippen LogP contribution is 2.21. The van der Waals surface area contributed by atoms with E-state index in [-0.39, 0.29) is 11.9 Å². The van der Waals surface area contributed by atoms with Gasteiger partial charge in [0.1, 0.15) is 5.75 Å². The van der Waals surface area contributed by atoms with E-state index in [0.29, 0.717) is 43.0 Å². The van der Waals surface area contributed by atoms with Gasteiger partial charge in [0.25, 0.3) is 5.91 Å². The fraction of sp³-hybridized carbons (Fsp3) is 0.409. The van der Waals surface area contributed by atoms with E-state index in [0.717, 1.165) is 16.9 Å². The molecule has 0 atom stereocenters. The first-order valence-corrected chi connectivity index (χ1v) is 11.4. The second-order valence-corrected chi connectivity index (χ2v) is 9.10. The van der Waals surface area contributed by atoms with E-state index in [1.807, 2.05) is 26.0 Å². The van der Waals surface area contributed by atoms with Gasteiger partial charge >= 0.3 is 0 Å². The van der Waals surface area contributed by atoms with Gasteiger partial charge < -0.3 is 9.64 Å². The average molecular weight is 417 g/mol. The van der Waals surface area contributed by atoms with Crippen LogP contribution in [0.2, 0.25) is 0 Å². The minimum absolute atomic E-state index is 0.0381. The highest BCUT2D eigenvalue weighted by atomic mass is 32.2. The summed E-state index contributed by atoms with van der Waals surface area (Å²) >= 11 is 0. The molecule has 1 N–H and O–H groups in total. The Morgan fingerprint density at radius 1 is 1.10 bits per heavy atom. The predicted molar refractivity (Wildman–Crippen MR) is 113 cm³/mol. The Labute approximate surface area is 172 Å². The summed E-state index contributed by atoms with van der Waals surface area (Å²) in [7, 11) is -3.58. The monoisotopic (exact) mass is 416 g/mol. The van der Waals surface area contributed by atoms with Gasteiger partial charge in [-0.25, -0.2) is 13.1 Å². The third-order valence-corrected chi connectivity index (χ3v) is 6.81. The van der Waals surface area contributed by atoms with Crippen LogP contribution in [-0.2, 0) is 10.0 Å². The number of nitrogens with one attached hydrogen (secondary N) is 1. The van der Waals surface area contributed by atoms with Gasteiger partial charge in [-0.05, 0) is 75.1 Å². The number of hydrogen-bond acceptors (Lipinski definition) is 4. The smallest absolute Gasteiger partial charge is 0.253 e. The van der Waals surface area contributed by atoms with Crippen molar-refractivity contribution in [3.05, 3.63) is 59.2 Å². The Morgan fingerprint density at radius 3 is 2.38 bits per heavy atom. The summed E-state index contributed by atoms with van der Waals surface area (Å²) in [6.45, 7) is 7.21. The van der Waals surface area contributed by atoms with Crippen molar-refractivity contribution in [2.45, 2.75) is 44.6 Å². The fourth-order valence-electron chi connectivity index (χ4n) is 3.52. The normalized spacial score (nSPS) is 15.3. The molecule has 1 saturated heterocycles. The van der Waals surface area contributed by atoms with E-state index in [1.165, 1.54) is 0 Å². The first-order chi connectivity index (χ1) is 13.8. The van der Waals surface area contributed by atoms with Crippen LogP contribution in [0.5, 0.6) is 5.75 Å². The molecule has 1 amide bonds. The lowest BCUT2D eigenvalue weighted by molar-refractivity contribution is 0.0711. The molecule has 0 aliphatic carbocycles. The molecule has 1 heterocycles. The lowest BCUT2D eigenvalue weighted by atomic mass is 10.0. The zero-order valence-corrected chi connectivity index (χ0v) is 18.0. The molecule has 0 unspecified atom stereocenters. The molecule has 29 heavy (non-hydrogen) atoms. The topological polar surface area (TPSA) is 75.7 Å². The van der Waals surface area contributed by atoms with E-state index in [9.17, 15) is 13.2 Å². The van der Waals surface area contributed by atoms with Gasteiger partial charge in [0.15, 0.2) is 0 Å². The predicted octanol–water partition coefficient (Wildman–Crippen LogP) is 3.29. The first kappa shape index (κ1) is 21.3. The largest absolute Gasteiger partial charge is 0.494 e. The molecule has 6 nitrogen and oxygen atoms in total. The lowest BCUT2D eigenvalue weighted by Gasteiger charge is -2.32. The number of benzene rings is 2. The van der Waals surface area contributed by atoms with Crippen LogP contribution in [0.3, 0.4) is 0 Å². The highest BCUT2D eigenvalue weighted by Gasteiger charge is 2.28. The van der Waals surface area contributed by atoms with Crippen molar-refractivity contribution >= 4 is 15.9 Å². The quantitative estimate of drug-likeness (QED) is 0.784. The van der Waals surface area contributed by atoms with Gasteiger partial charge in [-0.3, -0.25) is 4.79 Å². The summed E-state index contributed by atoms with van der Waals surface area (Å²) in [5.41, 5.74) is 2.25. The van der Waals surface area contributed by atoms with Crippen molar-refractivity contribution in [1.82, 2.24) is 9.62 Å². The molecule has 2 aromatic carbocycles. The third kappa shape index (κ3) is 5.16. The number of nitrogens with zero attached hydrogens (tertiary/aromatic N) is 1. The number of carbonyl (C=O) groups excluding carboxylic acids is 1. The number of carbonyl (C=O) groups is 1. The van der Waals surface area contributed by atoms with Crippen LogP contribution in [-0.4, -0.2) is 45.0 Å². The average Bonchev–Trinajstić information content (AvgIpc) is 2.70. The van der Waals surface area contributed by atoms with Crippen LogP contribution in [0.15, 0.2) is 47.4 Å². The van der Waals surface area contributed by atoms with Gasteiger partial charge in [0.05, 0.1) is 11.5 Å². The number of ether oxygens (including phenoxy) is 1. The molecule has 0 saturated carbocycles. The molecule has 0 aromatic heterocycles. The zero-order valence-electron chi connectivity index (χ0n) is 17.1. The standard InChI is InChI=1S/C22H28N2O4S/c1-4-28-20-9-7-18(8-10-20)22(25)24-13-11-19(12-14-24)23-29(26,27)21-15-16(2)5-6-17(21)3/h5-10,15,19,23H,4,11-14H2,1-3H3. The summed E-state index contributed by atoms with van der Waals surface area (Å²) in [6, 6.07) is 12.4. The Hall–Kier alpha value is -2.38. The van der Waals surface area contributed by atoms with Crippen molar-refractivity contribution in [2.75, 3.05) is 19.7 Å². The zero-order chi connectivity index (χ0) is 21.0. The second-order valence-electron chi connectivity index (χ2n) is 7.41. The summed E-state index contributed by atoms with van der Waals surface area (Å²) in [4.78, 5) is 14.8. The van der Waals surface area contributed by atoms with E-state index in [2.05, 4.69) is 4.72 Å². The van der Waals surface area contributed by atoms with E-state index in [4.69, 9.17) is 4.74 Å². The fourth-order valence-corrected chi connectivity index (χ4v) is 5.16. The summed E-state index contributed by atoms with van der Waals surface area (Å²) < 4.78 is 33.8. The number of hydrogen-bond donors (Lipinski definition) is 1. The van der Waals surface area contributed by atoms with E-state index in [1.54, 1.807) is 42.2 Å². The molecule has 156 valence electrons. The van der Waals surface area contributed by atoms with Gasteiger partial charge in [-0.1, -0.05) is 12.1 Å². The molecule has 3 rings (SSSR count). The minimum Gasteiger partial charge on any atom is -0.494 e. The molecule has 2 aromatic rings. The number of likely N-dealkylation sites (tertiary alicyclic amines) is 1. The highest BCUT2D eigenvalue weighted by molar-refractivity contribution is 7.89. The Morgan fingerprint density at radius 2 is 1.76 bits per heavy atom. The Kier molecular flexibility index (Phi) is 6.59. The van der Waals surface area contributed by atoms with Crippen molar-refractivity contribution in [1.29, 1.82) is 0 Å². The number of sulfonamides is 1. The molecular weight excluding hydrogens is 388 g/mol. The van der Waals surface area contributed by atoms with Crippen molar-refractivity contribution < 1.29 is 17.9 Å². The van der Waals surface area contributed by atoms with Crippen molar-refractivity contribution in [3.8, 4) is 5.75 Å². The van der Waals surface area contributed by atoms with Crippen molar-refractivity contribution in [3.63, 3.8) is 0 Å². The van der Waals surface area contributed by atoms with Crippen LogP contribution >= 0.6 is 0 Å². The molecule has 0 spiro atoms. The Bertz CT molecular complexity index is 963. The summed E-state index contributed by atoms with van der Waals surface area (Å²) in [5, 5.41) is 0. The van der Waals surface area contributed by atoms with Crippen LogP contribution in [0.4, 0.5) is 0 Å². The van der Waals surface area contributed by atoms with Crippen LogP contribution < -0.4 is 9.46 Å². The summed E-state index contributed by atoms with van der Waals surface area (Å²) in [5.74, 6) is 0.701. The van der Waals surface area contributed by atoms with E-state index >= 15 is 0 Å². The van der Waals surface area contributed by atoms with Gasteiger partial charge in [-0.2, -0.15) is 0 Å². The van der Waals surface area contributed by atoms with Gasteiger partial charge in [0.2, 0.25) is 10.0 Å². The number of piperidine rings is 1. The number of aryl methyl sites for hydroxylation is 2. The number of amides is 1. The van der Waals surface area contributed by atoms with Crippen LogP contribution in [0.25, 0.3) is 0 Å². The SMILES string of the molecule is CCOc1ccc(C(=O)N2CCC(NS(=O)(=O)c3cc(C)ccc3C)CC2)cc1. The van der Waals surface area contributed by atoms with Crippen molar-refractivity contribution in [2.24, 2.45) is 0 Å². The first-order valence-electron chi connectivity index (χ1n) is 9.92. The molecule has 1 aliphatic rings. The second kappa shape index (κ2) is 8.97. The third-order valence-electron chi connectivity index (χ3n) is 5.15. The maximum absolute atomic E-state index is 12.8. The minimum atomic E-state index is -3.58. The Balaban J connectivity index is 1.60. The maximum Gasteiger partial charge on any atom is 0.253 e. The molecule has 1 aliphatic heterocycles. The maximum atomic E-state index is 12.8. The molecule has 0 radical (unpaired) electrons. The van der Waals surface area contributed by atoms with Gasteiger partial charge in [-0.15, -0.1) is 0 Å². The van der Waals surface area contributed by atoms with Gasteiger partial charge in [0, 0.05) is 24.7 Å². The molecular formula is C22H28N2O4S.